The highest BCUT2D eigenvalue weighted by Gasteiger charge is 2.07. The lowest BCUT2D eigenvalue weighted by molar-refractivity contribution is 0.212. The standard InChI is InChI=1S/C11H14BrNO3/c1-8(12)3-2-4-10(15)5-11-13-9(6-14)7-16-11/h2-4,7,10,14-15H,5-6H2,1H3/b4-2+,8-3+. The minimum Gasteiger partial charge on any atom is -0.449 e. The average Bonchev–Trinajstić information content (AvgIpc) is 2.65. The minimum absolute atomic E-state index is 0.152. The van der Waals surface area contributed by atoms with Gasteiger partial charge in [-0.05, 0) is 11.4 Å². The lowest BCUT2D eigenvalue weighted by atomic mass is 10.2. The molecule has 0 fully saturated rings. The van der Waals surface area contributed by atoms with Gasteiger partial charge in [0.25, 0.3) is 0 Å². The normalized spacial score (nSPS) is 14.6. The van der Waals surface area contributed by atoms with E-state index in [0.29, 0.717) is 18.0 Å². The second-order valence-corrected chi connectivity index (χ2v) is 4.55. The molecule has 1 rings (SSSR count). The Hall–Kier alpha value is -0.910. The SMILES string of the molecule is C/C(Br)=C\C=C\C(O)Cc1nc(CO)co1. The molecular formula is C11H14BrNO3. The number of oxazole rings is 1. The fourth-order valence-corrected chi connectivity index (χ4v) is 1.23. The zero-order valence-corrected chi connectivity index (χ0v) is 10.5. The van der Waals surface area contributed by atoms with Gasteiger partial charge in [0.2, 0.25) is 0 Å². The molecule has 0 aliphatic rings. The van der Waals surface area contributed by atoms with E-state index in [-0.39, 0.29) is 6.61 Å². The van der Waals surface area contributed by atoms with Gasteiger partial charge in [0.1, 0.15) is 12.0 Å². The van der Waals surface area contributed by atoms with Crippen LogP contribution in [0, 0.1) is 0 Å². The summed E-state index contributed by atoms with van der Waals surface area (Å²) in [7, 11) is 0. The van der Waals surface area contributed by atoms with Crippen LogP contribution < -0.4 is 0 Å². The van der Waals surface area contributed by atoms with Crippen LogP contribution in [0.2, 0.25) is 0 Å². The maximum absolute atomic E-state index is 9.60. The zero-order valence-electron chi connectivity index (χ0n) is 8.93. The first kappa shape index (κ1) is 13.2. The van der Waals surface area contributed by atoms with Gasteiger partial charge in [0.15, 0.2) is 5.89 Å². The van der Waals surface area contributed by atoms with Crippen LogP contribution in [-0.2, 0) is 13.0 Å². The molecule has 0 saturated carbocycles. The van der Waals surface area contributed by atoms with E-state index in [4.69, 9.17) is 9.52 Å². The Morgan fingerprint density at radius 2 is 2.44 bits per heavy atom. The largest absolute Gasteiger partial charge is 0.449 e. The first-order chi connectivity index (χ1) is 7.61. The number of hydrogen-bond donors (Lipinski definition) is 2. The van der Waals surface area contributed by atoms with Gasteiger partial charge in [-0.1, -0.05) is 34.2 Å². The van der Waals surface area contributed by atoms with Crippen LogP contribution in [0.1, 0.15) is 18.5 Å². The van der Waals surface area contributed by atoms with Crippen molar-refractivity contribution in [3.8, 4) is 0 Å². The van der Waals surface area contributed by atoms with Crippen molar-refractivity contribution < 1.29 is 14.6 Å². The van der Waals surface area contributed by atoms with E-state index in [9.17, 15) is 5.11 Å². The van der Waals surface area contributed by atoms with E-state index in [0.717, 1.165) is 4.48 Å². The fraction of sp³-hybridized carbons (Fsp3) is 0.364. The Bertz CT molecular complexity index is 380. The fourth-order valence-electron chi connectivity index (χ4n) is 1.08. The van der Waals surface area contributed by atoms with Crippen LogP contribution in [0.5, 0.6) is 0 Å². The Morgan fingerprint density at radius 3 is 3.00 bits per heavy atom. The summed E-state index contributed by atoms with van der Waals surface area (Å²) in [6.45, 7) is 1.75. The highest BCUT2D eigenvalue weighted by atomic mass is 79.9. The van der Waals surface area contributed by atoms with Crippen molar-refractivity contribution in [2.45, 2.75) is 26.1 Å². The van der Waals surface area contributed by atoms with Gasteiger partial charge in [-0.3, -0.25) is 0 Å². The lowest BCUT2D eigenvalue weighted by Crippen LogP contribution is -2.06. The summed E-state index contributed by atoms with van der Waals surface area (Å²) >= 11 is 3.27. The van der Waals surface area contributed by atoms with Crippen LogP contribution in [0.4, 0.5) is 0 Å². The quantitative estimate of drug-likeness (QED) is 0.812. The van der Waals surface area contributed by atoms with Crippen LogP contribution in [0.25, 0.3) is 0 Å². The van der Waals surface area contributed by atoms with Gasteiger partial charge in [0.05, 0.1) is 19.1 Å². The summed E-state index contributed by atoms with van der Waals surface area (Å²) in [5.41, 5.74) is 0.474. The molecule has 1 heterocycles. The molecule has 1 atom stereocenters. The number of hydrogen-bond acceptors (Lipinski definition) is 4. The highest BCUT2D eigenvalue weighted by molar-refractivity contribution is 9.11. The molecule has 5 heteroatoms. The third-order valence-corrected chi connectivity index (χ3v) is 2.07. The van der Waals surface area contributed by atoms with Crippen LogP contribution in [-0.4, -0.2) is 21.3 Å². The predicted molar refractivity (Wildman–Crippen MR) is 64.0 cm³/mol. The zero-order chi connectivity index (χ0) is 12.0. The number of halogens is 1. The van der Waals surface area contributed by atoms with Crippen molar-refractivity contribution in [1.82, 2.24) is 4.98 Å². The molecule has 1 aromatic rings. The molecule has 4 nitrogen and oxygen atoms in total. The Kier molecular flexibility index (Phi) is 5.45. The van der Waals surface area contributed by atoms with Gasteiger partial charge in [-0.2, -0.15) is 0 Å². The maximum atomic E-state index is 9.60. The molecule has 0 aliphatic heterocycles. The van der Waals surface area contributed by atoms with Gasteiger partial charge >= 0.3 is 0 Å². The second-order valence-electron chi connectivity index (χ2n) is 3.30. The summed E-state index contributed by atoms with van der Waals surface area (Å²) < 4.78 is 6.05. The van der Waals surface area contributed by atoms with Crippen molar-refractivity contribution in [1.29, 1.82) is 0 Å². The van der Waals surface area contributed by atoms with E-state index < -0.39 is 6.10 Å². The summed E-state index contributed by atoms with van der Waals surface area (Å²) in [6, 6.07) is 0. The molecule has 0 spiro atoms. The Balaban J connectivity index is 2.48. The summed E-state index contributed by atoms with van der Waals surface area (Å²) in [5, 5.41) is 18.4. The number of allylic oxidation sites excluding steroid dienone is 3. The van der Waals surface area contributed by atoms with Crippen molar-refractivity contribution in [2.75, 3.05) is 0 Å². The molecule has 0 aliphatic carbocycles. The van der Waals surface area contributed by atoms with Gasteiger partial charge in [-0.15, -0.1) is 0 Å². The van der Waals surface area contributed by atoms with Crippen molar-refractivity contribution >= 4 is 15.9 Å². The molecule has 0 bridgehead atoms. The molecule has 1 aromatic heterocycles. The number of rotatable bonds is 5. The first-order valence-corrected chi connectivity index (χ1v) is 5.64. The van der Waals surface area contributed by atoms with Crippen LogP contribution in [0.3, 0.4) is 0 Å². The van der Waals surface area contributed by atoms with E-state index in [1.807, 2.05) is 13.0 Å². The number of nitrogens with zero attached hydrogens (tertiary/aromatic N) is 1. The second kappa shape index (κ2) is 6.62. The van der Waals surface area contributed by atoms with E-state index in [1.54, 1.807) is 12.2 Å². The van der Waals surface area contributed by atoms with Gasteiger partial charge in [-0.25, -0.2) is 4.98 Å². The van der Waals surface area contributed by atoms with E-state index >= 15 is 0 Å². The highest BCUT2D eigenvalue weighted by Crippen LogP contribution is 2.06. The Morgan fingerprint density at radius 1 is 1.69 bits per heavy atom. The van der Waals surface area contributed by atoms with Crippen molar-refractivity contribution in [3.05, 3.63) is 40.6 Å². The molecule has 0 radical (unpaired) electrons. The third kappa shape index (κ3) is 4.74. The van der Waals surface area contributed by atoms with Crippen molar-refractivity contribution in [3.63, 3.8) is 0 Å². The first-order valence-electron chi connectivity index (χ1n) is 4.84. The smallest absolute Gasteiger partial charge is 0.197 e. The Labute approximate surface area is 102 Å². The van der Waals surface area contributed by atoms with E-state index in [1.165, 1.54) is 6.26 Å². The molecule has 0 amide bonds. The number of aliphatic hydroxyl groups is 2. The third-order valence-electron chi connectivity index (χ3n) is 1.80. The lowest BCUT2D eigenvalue weighted by Gasteiger charge is -2.00. The summed E-state index contributed by atoms with van der Waals surface area (Å²) in [6.07, 6.45) is 6.27. The minimum atomic E-state index is -0.645. The summed E-state index contributed by atoms with van der Waals surface area (Å²) in [4.78, 5) is 3.98. The van der Waals surface area contributed by atoms with Crippen molar-refractivity contribution in [2.24, 2.45) is 0 Å². The average molecular weight is 288 g/mol. The molecule has 2 N–H and O–H groups in total. The monoisotopic (exact) mass is 287 g/mol. The van der Waals surface area contributed by atoms with Crippen LogP contribution in [0.15, 0.2) is 33.4 Å². The van der Waals surface area contributed by atoms with Crippen LogP contribution >= 0.6 is 15.9 Å². The maximum Gasteiger partial charge on any atom is 0.197 e. The topological polar surface area (TPSA) is 66.5 Å². The molecule has 88 valence electrons. The molecular weight excluding hydrogens is 274 g/mol. The predicted octanol–water partition coefficient (Wildman–Crippen LogP) is 1.93. The van der Waals surface area contributed by atoms with Gasteiger partial charge < -0.3 is 14.6 Å². The van der Waals surface area contributed by atoms with E-state index in [2.05, 4.69) is 20.9 Å². The molecule has 1 unspecified atom stereocenters. The number of aliphatic hydroxyl groups excluding tert-OH is 2. The van der Waals surface area contributed by atoms with Gasteiger partial charge in [0, 0.05) is 0 Å². The molecule has 0 aromatic carbocycles. The summed E-state index contributed by atoms with van der Waals surface area (Å²) in [5.74, 6) is 0.417. The molecule has 16 heavy (non-hydrogen) atoms. The number of aromatic nitrogens is 1. The molecule has 0 saturated heterocycles.